The molecule has 23 heavy (non-hydrogen) atoms. The number of fused-ring (bicyclic) bond motifs is 1. The third kappa shape index (κ3) is 2.49. The van der Waals surface area contributed by atoms with Crippen molar-refractivity contribution in [1.29, 1.82) is 5.41 Å². The largest absolute Gasteiger partial charge is 0.366 e. The van der Waals surface area contributed by atoms with E-state index in [1.165, 1.54) is 17.3 Å². The first-order valence-corrected chi connectivity index (χ1v) is 6.93. The maximum atomic E-state index is 13.5. The van der Waals surface area contributed by atoms with Crippen molar-refractivity contribution in [3.05, 3.63) is 47.0 Å². The number of amidine groups is 1. The van der Waals surface area contributed by atoms with E-state index in [0.717, 1.165) is 0 Å². The van der Waals surface area contributed by atoms with Gasteiger partial charge in [-0.2, -0.15) is 0 Å². The first-order valence-electron chi connectivity index (χ1n) is 6.93. The summed E-state index contributed by atoms with van der Waals surface area (Å²) in [4.78, 5) is 9.17. The Bertz CT molecular complexity index is 750. The van der Waals surface area contributed by atoms with E-state index in [0.29, 0.717) is 11.3 Å². The normalized spacial score (nSPS) is 13.7. The van der Waals surface area contributed by atoms with Crippen LogP contribution in [0, 0.1) is 5.41 Å². The molecule has 1 aliphatic heterocycles. The van der Waals surface area contributed by atoms with Gasteiger partial charge in [0.15, 0.2) is 0 Å². The highest BCUT2D eigenvalue weighted by atomic mass is 19.1. The second-order valence-corrected chi connectivity index (χ2v) is 4.99. The van der Waals surface area contributed by atoms with Gasteiger partial charge in [-0.3, -0.25) is 15.4 Å². The summed E-state index contributed by atoms with van der Waals surface area (Å²) in [5.41, 5.74) is 1.41. The van der Waals surface area contributed by atoms with Gasteiger partial charge in [-0.1, -0.05) is 0 Å². The maximum Gasteiger partial charge on any atom is 0.136 e. The molecule has 0 saturated heterocycles. The summed E-state index contributed by atoms with van der Waals surface area (Å²) >= 11 is 0. The molecule has 3 heterocycles. The first-order chi connectivity index (χ1) is 11.2. The predicted molar refractivity (Wildman–Crippen MR) is 80.7 cm³/mol. The van der Waals surface area contributed by atoms with Crippen molar-refractivity contribution >= 4 is 17.2 Å². The fourth-order valence-corrected chi connectivity index (χ4v) is 2.64. The van der Waals surface area contributed by atoms with Crippen LogP contribution in [0.2, 0.25) is 0 Å². The van der Waals surface area contributed by atoms with E-state index in [9.17, 15) is 13.2 Å². The molecule has 0 bridgehead atoms. The lowest BCUT2D eigenvalue weighted by molar-refractivity contribution is 0.442. The molecule has 0 saturated carbocycles. The van der Waals surface area contributed by atoms with E-state index >= 15 is 0 Å². The molecule has 0 spiro atoms. The Balaban J connectivity index is 2.14. The number of halogens is 3. The molecule has 0 amide bonds. The number of nitrogens with zero attached hydrogens (tertiary/aromatic N) is 3. The number of hydrogen-bond donors (Lipinski definition) is 2. The highest BCUT2D eigenvalue weighted by molar-refractivity contribution is 6.13. The fraction of sp³-hybridized carbons (Fsp3) is 0.267. The van der Waals surface area contributed by atoms with Crippen molar-refractivity contribution < 1.29 is 13.2 Å². The average Bonchev–Trinajstić information content (AvgIpc) is 2.61. The Hall–Kier alpha value is -2.64. The van der Waals surface area contributed by atoms with Gasteiger partial charge in [0.25, 0.3) is 0 Å². The molecular formula is C15H14F3N5. The zero-order valence-corrected chi connectivity index (χ0v) is 12.1. The smallest absolute Gasteiger partial charge is 0.136 e. The number of hydrogen-bond acceptors (Lipinski definition) is 4. The number of anilines is 2. The molecule has 0 fully saturated rings. The molecule has 0 atom stereocenters. The van der Waals surface area contributed by atoms with Gasteiger partial charge < -0.3 is 10.2 Å². The number of alkyl halides is 3. The van der Waals surface area contributed by atoms with E-state index in [-0.39, 0.29) is 35.0 Å². The summed E-state index contributed by atoms with van der Waals surface area (Å²) in [5.74, 6) is 0.0709. The highest BCUT2D eigenvalue weighted by Crippen LogP contribution is 2.33. The van der Waals surface area contributed by atoms with Crippen LogP contribution in [0.3, 0.4) is 0 Å². The quantitative estimate of drug-likeness (QED) is 0.908. The molecule has 0 radical (unpaired) electrons. The lowest BCUT2D eigenvalue weighted by Gasteiger charge is -2.34. The molecule has 2 N–H and O–H groups in total. The molecule has 120 valence electrons. The summed E-state index contributed by atoms with van der Waals surface area (Å²) in [6.45, 7) is -2.68. The van der Waals surface area contributed by atoms with Crippen molar-refractivity contribution in [3.8, 4) is 0 Å². The zero-order chi connectivity index (χ0) is 16.4. The molecule has 0 unspecified atom stereocenters. The van der Waals surface area contributed by atoms with E-state index in [4.69, 9.17) is 5.41 Å². The lowest BCUT2D eigenvalue weighted by atomic mass is 10.0. The standard InChI is InChI=1S/C15H14F3N5/c16-3-9-6-21-12(5-18)11(4-17)14(9)23-8-22-13-7-20-2-1-10(13)15(23)19/h1-2,6-7,19,22H,3-5,8H2. The van der Waals surface area contributed by atoms with Gasteiger partial charge >= 0.3 is 0 Å². The summed E-state index contributed by atoms with van der Waals surface area (Å²) in [7, 11) is 0. The Labute approximate surface area is 130 Å². The Morgan fingerprint density at radius 3 is 2.70 bits per heavy atom. The van der Waals surface area contributed by atoms with Crippen LogP contribution in [0.25, 0.3) is 0 Å². The summed E-state index contributed by atoms with van der Waals surface area (Å²) < 4.78 is 39.9. The van der Waals surface area contributed by atoms with Crippen molar-refractivity contribution in [2.45, 2.75) is 20.0 Å². The molecule has 2 aromatic rings. The van der Waals surface area contributed by atoms with Crippen LogP contribution in [0.5, 0.6) is 0 Å². The van der Waals surface area contributed by atoms with Crippen LogP contribution in [0.4, 0.5) is 24.5 Å². The molecule has 3 rings (SSSR count). The van der Waals surface area contributed by atoms with Crippen LogP contribution in [0.1, 0.15) is 22.4 Å². The molecular weight excluding hydrogens is 307 g/mol. The van der Waals surface area contributed by atoms with Gasteiger partial charge in [-0.15, -0.1) is 0 Å². The third-order valence-corrected chi connectivity index (χ3v) is 3.76. The van der Waals surface area contributed by atoms with E-state index in [1.54, 1.807) is 12.3 Å². The van der Waals surface area contributed by atoms with E-state index < -0.39 is 20.0 Å². The summed E-state index contributed by atoms with van der Waals surface area (Å²) in [6, 6.07) is 1.64. The van der Waals surface area contributed by atoms with Crippen LogP contribution in [0.15, 0.2) is 24.7 Å². The van der Waals surface area contributed by atoms with Gasteiger partial charge in [-0.05, 0) is 6.07 Å². The van der Waals surface area contributed by atoms with E-state index in [1.807, 2.05) is 0 Å². The zero-order valence-electron chi connectivity index (χ0n) is 12.1. The average molecular weight is 321 g/mol. The maximum absolute atomic E-state index is 13.5. The minimum atomic E-state index is -0.984. The number of pyridine rings is 2. The van der Waals surface area contributed by atoms with Gasteiger partial charge in [0, 0.05) is 29.1 Å². The first kappa shape index (κ1) is 15.3. The van der Waals surface area contributed by atoms with Crippen LogP contribution in [-0.2, 0) is 20.0 Å². The Morgan fingerprint density at radius 1 is 1.17 bits per heavy atom. The van der Waals surface area contributed by atoms with Crippen LogP contribution >= 0.6 is 0 Å². The van der Waals surface area contributed by atoms with Crippen molar-refractivity contribution in [2.24, 2.45) is 0 Å². The lowest BCUT2D eigenvalue weighted by Crippen LogP contribution is -2.41. The summed E-state index contributed by atoms with van der Waals surface area (Å²) in [6.07, 6.45) is 4.30. The molecule has 0 aromatic carbocycles. The molecule has 8 heteroatoms. The molecule has 2 aromatic heterocycles. The number of rotatable bonds is 4. The minimum absolute atomic E-state index is 0.0216. The minimum Gasteiger partial charge on any atom is -0.366 e. The topological polar surface area (TPSA) is 64.9 Å². The number of aromatic nitrogens is 2. The third-order valence-electron chi connectivity index (χ3n) is 3.76. The predicted octanol–water partition coefficient (Wildman–Crippen LogP) is 3.10. The van der Waals surface area contributed by atoms with E-state index in [2.05, 4.69) is 15.3 Å². The molecule has 1 aliphatic rings. The van der Waals surface area contributed by atoms with Gasteiger partial charge in [-0.25, -0.2) is 13.2 Å². The van der Waals surface area contributed by atoms with Crippen LogP contribution < -0.4 is 10.2 Å². The summed E-state index contributed by atoms with van der Waals surface area (Å²) in [5, 5.41) is 11.4. The van der Waals surface area contributed by atoms with Gasteiger partial charge in [0.2, 0.25) is 0 Å². The van der Waals surface area contributed by atoms with Crippen molar-refractivity contribution in [1.82, 2.24) is 9.97 Å². The van der Waals surface area contributed by atoms with Crippen molar-refractivity contribution in [2.75, 3.05) is 16.9 Å². The molecule has 0 aliphatic carbocycles. The van der Waals surface area contributed by atoms with Crippen LogP contribution in [-0.4, -0.2) is 22.5 Å². The fourth-order valence-electron chi connectivity index (χ4n) is 2.64. The second kappa shape index (κ2) is 6.23. The van der Waals surface area contributed by atoms with Gasteiger partial charge in [0.05, 0.1) is 29.9 Å². The van der Waals surface area contributed by atoms with Crippen molar-refractivity contribution in [3.63, 3.8) is 0 Å². The monoisotopic (exact) mass is 321 g/mol. The molecule has 5 nitrogen and oxygen atoms in total. The second-order valence-electron chi connectivity index (χ2n) is 4.99. The Morgan fingerprint density at radius 2 is 2.00 bits per heavy atom. The van der Waals surface area contributed by atoms with Gasteiger partial charge in [0.1, 0.15) is 25.9 Å². The SMILES string of the molecule is N=C1c2ccncc2NCN1c1c(CF)cnc(CF)c1CF. The Kier molecular flexibility index (Phi) is 4.14. The number of nitrogens with one attached hydrogen (secondary N) is 2. The highest BCUT2D eigenvalue weighted by Gasteiger charge is 2.27.